The molecule has 0 amide bonds. The minimum atomic E-state index is -0.401. The van der Waals surface area contributed by atoms with E-state index in [1.807, 2.05) is 0 Å². The maximum Gasteiger partial charge on any atom is 0.159 e. The van der Waals surface area contributed by atoms with Gasteiger partial charge in [-0.15, -0.1) is 0 Å². The number of benzene rings is 10. The summed E-state index contributed by atoms with van der Waals surface area (Å²) in [4.78, 5) is 11.1. The average molecular weight is 1030 g/mol. The maximum atomic E-state index is 5.64. The van der Waals surface area contributed by atoms with Gasteiger partial charge in [-0.3, -0.25) is 0 Å². The molecule has 3 heterocycles. The summed E-state index contributed by atoms with van der Waals surface area (Å²) in [6, 6.07) is 94.0. The van der Waals surface area contributed by atoms with Crippen LogP contribution in [0.3, 0.4) is 0 Å². The predicted octanol–water partition coefficient (Wildman–Crippen LogP) is 18.1. The quantitative estimate of drug-likeness (QED) is 0.146. The zero-order valence-electron chi connectivity index (χ0n) is 44.1. The highest BCUT2D eigenvalue weighted by Crippen LogP contribution is 2.48. The first kappa shape index (κ1) is 47.1. The molecule has 0 spiro atoms. The van der Waals surface area contributed by atoms with Gasteiger partial charge in [0.15, 0.2) is 5.84 Å². The van der Waals surface area contributed by atoms with Gasteiger partial charge in [0.1, 0.15) is 12.0 Å². The molecule has 5 heteroatoms. The Labute approximate surface area is 466 Å². The standard InChI is InChI=1S/C75H55N5/c1-6-22-50(23-7-1)54-30-18-32-58(46-54)73-76-74(59-33-19-31-55(47-59)51-24-8-2-9-25-51)78-75(77-73)65-45-43-57(53-28-12-4-13-29-53)49-70(65)80-66-39-17-16-36-63(66)71-61(38-21-41-68(71)80)62-37-20-40-67-72(62)64-44-42-56(52-26-10-3-11-27-52)48-69(64)79(67)60-34-14-5-15-35-60/h1-20,22-40,42-49,65,70,73H,21,41H2,(H,76,77,78). The molecule has 80 heavy (non-hydrogen) atoms. The lowest BCUT2D eigenvalue weighted by Gasteiger charge is -2.34. The topological polar surface area (TPSA) is 46.6 Å². The van der Waals surface area contributed by atoms with Gasteiger partial charge < -0.3 is 14.5 Å². The van der Waals surface area contributed by atoms with Crippen LogP contribution >= 0.6 is 0 Å². The molecule has 2 aliphatic carbocycles. The lowest BCUT2D eigenvalue weighted by molar-refractivity contribution is 0.519. The fourth-order valence-electron chi connectivity index (χ4n) is 12.8. The summed E-state index contributed by atoms with van der Waals surface area (Å²) in [5, 5.41) is 7.75. The van der Waals surface area contributed by atoms with Gasteiger partial charge in [0.25, 0.3) is 0 Å². The number of rotatable bonds is 10. The average Bonchev–Trinajstić information content (AvgIpc) is 4.07. The van der Waals surface area contributed by atoms with Gasteiger partial charge >= 0.3 is 0 Å². The van der Waals surface area contributed by atoms with Crippen molar-refractivity contribution >= 4 is 55.5 Å². The summed E-state index contributed by atoms with van der Waals surface area (Å²) in [5.41, 5.74) is 21.3. The van der Waals surface area contributed by atoms with Crippen molar-refractivity contribution in [1.29, 1.82) is 0 Å². The Kier molecular flexibility index (Phi) is 11.8. The predicted molar refractivity (Wildman–Crippen MR) is 333 cm³/mol. The van der Waals surface area contributed by atoms with Gasteiger partial charge in [-0.2, -0.15) is 0 Å². The van der Waals surface area contributed by atoms with Gasteiger partial charge in [0, 0.05) is 44.2 Å². The third-order valence-corrected chi connectivity index (χ3v) is 16.4. The number of allylic oxidation sites excluding steroid dienone is 4. The van der Waals surface area contributed by atoms with E-state index >= 15 is 0 Å². The summed E-state index contributed by atoms with van der Waals surface area (Å²) >= 11 is 0. The Morgan fingerprint density at radius 1 is 0.463 bits per heavy atom. The molecule has 2 aromatic heterocycles. The van der Waals surface area contributed by atoms with Crippen LogP contribution in [0.2, 0.25) is 0 Å². The molecule has 0 saturated heterocycles. The van der Waals surface area contributed by atoms with Crippen molar-refractivity contribution in [3.05, 3.63) is 319 Å². The summed E-state index contributed by atoms with van der Waals surface area (Å²) in [6.45, 7) is 0. The van der Waals surface area contributed by atoms with E-state index in [0.29, 0.717) is 5.84 Å². The minimum absolute atomic E-state index is 0.159. The van der Waals surface area contributed by atoms with Crippen molar-refractivity contribution in [3.63, 3.8) is 0 Å². The molecular formula is C75H55N5. The second-order valence-corrected chi connectivity index (χ2v) is 21.1. The van der Waals surface area contributed by atoms with E-state index in [1.54, 1.807) is 0 Å². The van der Waals surface area contributed by atoms with Crippen LogP contribution in [0.1, 0.15) is 52.1 Å². The third-order valence-electron chi connectivity index (χ3n) is 16.4. The molecule has 10 aromatic carbocycles. The van der Waals surface area contributed by atoms with Crippen molar-refractivity contribution in [2.75, 3.05) is 0 Å². The first-order chi connectivity index (χ1) is 39.7. The number of nitrogens with one attached hydrogen (secondary N) is 1. The smallest absolute Gasteiger partial charge is 0.159 e. The Morgan fingerprint density at radius 2 is 1.05 bits per heavy atom. The van der Waals surface area contributed by atoms with Crippen LogP contribution in [0.15, 0.2) is 295 Å². The Morgan fingerprint density at radius 3 is 1.77 bits per heavy atom. The molecule has 0 saturated carbocycles. The van der Waals surface area contributed by atoms with Crippen LogP contribution < -0.4 is 5.32 Å². The Balaban J connectivity index is 0.911. The van der Waals surface area contributed by atoms with Crippen molar-refractivity contribution < 1.29 is 0 Å². The van der Waals surface area contributed by atoms with Crippen LogP contribution in [0.25, 0.3) is 82.9 Å². The minimum Gasteiger partial charge on any atom is -0.348 e. The number of fused-ring (bicyclic) bond motifs is 6. The van der Waals surface area contributed by atoms with E-state index in [9.17, 15) is 0 Å². The first-order valence-electron chi connectivity index (χ1n) is 27.9. The zero-order chi connectivity index (χ0) is 52.9. The molecule has 12 aromatic rings. The number of hydrogen-bond donors (Lipinski definition) is 1. The van der Waals surface area contributed by atoms with E-state index in [4.69, 9.17) is 9.98 Å². The van der Waals surface area contributed by atoms with Gasteiger partial charge in [0.05, 0.1) is 23.0 Å². The molecule has 0 radical (unpaired) electrons. The van der Waals surface area contributed by atoms with Crippen LogP contribution in [0.4, 0.5) is 0 Å². The van der Waals surface area contributed by atoms with Crippen molar-refractivity contribution in [2.24, 2.45) is 15.9 Å². The fraction of sp³-hybridized carbons (Fsp3) is 0.0667. The summed E-state index contributed by atoms with van der Waals surface area (Å²) in [5.74, 6) is 1.40. The number of aliphatic imine (C=N–C) groups is 2. The van der Waals surface area contributed by atoms with Gasteiger partial charge in [-0.25, -0.2) is 9.98 Å². The number of para-hydroxylation sites is 2. The molecule has 5 nitrogen and oxygen atoms in total. The maximum absolute atomic E-state index is 5.64. The highest BCUT2D eigenvalue weighted by Gasteiger charge is 2.36. The summed E-state index contributed by atoms with van der Waals surface area (Å²) < 4.78 is 5.13. The van der Waals surface area contributed by atoms with Crippen LogP contribution in [0, 0.1) is 5.92 Å². The van der Waals surface area contributed by atoms with Crippen molar-refractivity contribution in [2.45, 2.75) is 25.0 Å². The number of hydrogen-bond acceptors (Lipinski definition) is 3. The molecule has 3 atom stereocenters. The highest BCUT2D eigenvalue weighted by molar-refractivity contribution is 6.17. The zero-order valence-corrected chi connectivity index (χ0v) is 44.1. The second-order valence-electron chi connectivity index (χ2n) is 21.1. The normalized spacial score (nSPS) is 16.9. The molecule has 1 N–H and O–H groups in total. The highest BCUT2D eigenvalue weighted by atomic mass is 15.2. The van der Waals surface area contributed by atoms with E-state index in [2.05, 4.69) is 300 Å². The van der Waals surface area contributed by atoms with Crippen LogP contribution in [-0.4, -0.2) is 20.8 Å². The van der Waals surface area contributed by atoms with Gasteiger partial charge in [0.2, 0.25) is 0 Å². The SMILES string of the molecule is C1=CC(C2=NC(c3cccc(-c4ccccc4)c3)=NC(c3cccc(-c4ccccc4)c3)N2)C(n2c3c(c4ccccc42)C(c2cccc4c2c2ccc(-c5ccccc5)cc2n4-c2ccccc2)=CCC3)C=C1c1ccccc1. The van der Waals surface area contributed by atoms with Crippen molar-refractivity contribution in [3.8, 4) is 39.1 Å². The molecule has 15 rings (SSSR count). The Hall–Kier alpha value is -10.1. The molecule has 0 fully saturated rings. The van der Waals surface area contributed by atoms with E-state index in [1.165, 1.54) is 82.9 Å². The van der Waals surface area contributed by atoms with E-state index in [-0.39, 0.29) is 12.0 Å². The molecule has 3 aliphatic rings. The Bertz CT molecular complexity index is 4480. The summed E-state index contributed by atoms with van der Waals surface area (Å²) in [6.07, 6.45) is 11.1. The van der Waals surface area contributed by atoms with Crippen LogP contribution in [0.5, 0.6) is 0 Å². The summed E-state index contributed by atoms with van der Waals surface area (Å²) in [7, 11) is 0. The van der Waals surface area contributed by atoms with Crippen LogP contribution in [-0.2, 0) is 6.42 Å². The molecular weight excluding hydrogens is 971 g/mol. The molecule has 3 unspecified atom stereocenters. The molecule has 0 bridgehead atoms. The lowest BCUT2D eigenvalue weighted by Crippen LogP contribution is -2.41. The number of nitrogens with zero attached hydrogens (tertiary/aromatic N) is 4. The number of amidine groups is 2. The lowest BCUT2D eigenvalue weighted by atomic mass is 9.85. The third kappa shape index (κ3) is 8.34. The largest absolute Gasteiger partial charge is 0.348 e. The first-order valence-corrected chi connectivity index (χ1v) is 27.9. The van der Waals surface area contributed by atoms with Crippen molar-refractivity contribution in [1.82, 2.24) is 14.5 Å². The molecule has 380 valence electrons. The number of aromatic nitrogens is 2. The van der Waals surface area contributed by atoms with E-state index < -0.39 is 6.17 Å². The van der Waals surface area contributed by atoms with E-state index in [0.717, 1.165) is 52.2 Å². The van der Waals surface area contributed by atoms with Gasteiger partial charge in [-0.05, 0) is 117 Å². The fourth-order valence-corrected chi connectivity index (χ4v) is 12.8. The van der Waals surface area contributed by atoms with Gasteiger partial charge in [-0.1, -0.05) is 243 Å². The monoisotopic (exact) mass is 1030 g/mol. The second kappa shape index (κ2) is 20.0. The molecule has 1 aliphatic heterocycles.